The van der Waals surface area contributed by atoms with Gasteiger partial charge in [0.2, 0.25) is 17.7 Å². The first-order valence-corrected chi connectivity index (χ1v) is 17.4. The first kappa shape index (κ1) is 40.4. The van der Waals surface area contributed by atoms with Gasteiger partial charge in [0.15, 0.2) is 0 Å². The van der Waals surface area contributed by atoms with E-state index in [0.29, 0.717) is 19.5 Å². The van der Waals surface area contributed by atoms with Crippen LogP contribution in [0.2, 0.25) is 0 Å². The van der Waals surface area contributed by atoms with Crippen molar-refractivity contribution in [2.24, 2.45) is 17.8 Å². The fraction of sp³-hybridized carbons (Fsp3) is 0.615. The number of rotatable bonds is 20. The zero-order valence-corrected chi connectivity index (χ0v) is 29.1. The highest BCUT2D eigenvalue weighted by Crippen LogP contribution is 2.29. The molecule has 3 amide bonds. The van der Waals surface area contributed by atoms with E-state index in [1.807, 2.05) is 30.3 Å². The Balaban J connectivity index is 2.31. The molecule has 0 spiro atoms. The lowest BCUT2D eigenvalue weighted by molar-refractivity contribution is -0.137. The van der Waals surface area contributed by atoms with Gasteiger partial charge in [-0.25, -0.2) is 0 Å². The lowest BCUT2D eigenvalue weighted by atomic mass is 9.82. The average Bonchev–Trinajstić information content (AvgIpc) is 3.10. The van der Waals surface area contributed by atoms with Crippen molar-refractivity contribution in [1.82, 2.24) is 20.4 Å². The minimum absolute atomic E-state index is 0.0784. The van der Waals surface area contributed by atoms with Crippen molar-refractivity contribution < 1.29 is 24.6 Å². The Morgan fingerprint density at radius 1 is 0.938 bits per heavy atom. The number of hydrogen-bond donors (Lipinski definition) is 4. The fourth-order valence-electron chi connectivity index (χ4n) is 6.30. The van der Waals surface area contributed by atoms with Crippen LogP contribution in [0.25, 0.3) is 0 Å². The standard InChI is InChI=1S/C39H56N4O5/c1-7-12-23-34(44)37(46)33(27-30-21-17-14-18-22-30)40-39(48)36(31(8-2)9-3)41-38(47)32(26-29-19-15-13-16-20-29)28-35(45)42(6)24-25-43(10-4)11-5/h1-3,13,15-16,19-20,30-34,36-37,44,46H,10-12,14,17-18,21-28H2,4-6H3,(H,40,48)(H,41,47)/t32-,33+,34+,36+,37-/m1/s1. The van der Waals surface area contributed by atoms with Crippen LogP contribution in [0, 0.1) is 54.8 Å². The van der Waals surface area contributed by atoms with E-state index in [0.717, 1.165) is 50.8 Å². The minimum atomic E-state index is -1.33. The topological polar surface area (TPSA) is 122 Å². The maximum atomic E-state index is 14.0. The lowest BCUT2D eigenvalue weighted by Gasteiger charge is -2.33. The van der Waals surface area contributed by atoms with E-state index < -0.39 is 47.9 Å². The van der Waals surface area contributed by atoms with Crippen molar-refractivity contribution in [3.63, 3.8) is 0 Å². The summed E-state index contributed by atoms with van der Waals surface area (Å²) in [5, 5.41) is 27.5. The quantitative estimate of drug-likeness (QED) is 0.160. The van der Waals surface area contributed by atoms with Gasteiger partial charge < -0.3 is 30.6 Å². The first-order chi connectivity index (χ1) is 23.1. The number of likely N-dealkylation sites (N-methyl/N-ethyl adjacent to an activating group) is 2. The number of amides is 3. The van der Waals surface area contributed by atoms with Crippen molar-refractivity contribution in [1.29, 1.82) is 0 Å². The third-order valence-corrected chi connectivity index (χ3v) is 9.49. The summed E-state index contributed by atoms with van der Waals surface area (Å²) in [6.07, 6.45) is 20.7. The second kappa shape index (κ2) is 21.9. The van der Waals surface area contributed by atoms with Gasteiger partial charge in [0.25, 0.3) is 0 Å². The molecule has 1 aromatic carbocycles. The molecule has 4 N–H and O–H groups in total. The number of terminal acetylenes is 3. The average molecular weight is 661 g/mol. The van der Waals surface area contributed by atoms with E-state index in [9.17, 15) is 24.6 Å². The second-order valence-corrected chi connectivity index (χ2v) is 12.9. The number of hydrogen-bond acceptors (Lipinski definition) is 6. The normalized spacial score (nSPS) is 16.4. The summed E-state index contributed by atoms with van der Waals surface area (Å²) in [6, 6.07) is 7.22. The number of aliphatic hydroxyl groups is 2. The number of benzene rings is 1. The van der Waals surface area contributed by atoms with Gasteiger partial charge in [0.05, 0.1) is 18.1 Å². The van der Waals surface area contributed by atoms with E-state index in [2.05, 4.69) is 47.1 Å². The van der Waals surface area contributed by atoms with Crippen LogP contribution in [-0.4, -0.2) is 95.3 Å². The molecule has 1 fully saturated rings. The molecular formula is C39H56N4O5. The molecule has 0 unspecified atom stereocenters. The van der Waals surface area contributed by atoms with Crippen LogP contribution >= 0.6 is 0 Å². The summed E-state index contributed by atoms with van der Waals surface area (Å²) < 4.78 is 0. The Hall–Kier alpha value is -3.81. The van der Waals surface area contributed by atoms with Crippen molar-refractivity contribution in [3.8, 4) is 37.0 Å². The van der Waals surface area contributed by atoms with Gasteiger partial charge in [-0.05, 0) is 43.8 Å². The molecule has 2 rings (SSSR count). The highest BCUT2D eigenvalue weighted by Gasteiger charge is 2.36. The third kappa shape index (κ3) is 13.4. The largest absolute Gasteiger partial charge is 0.390 e. The Kier molecular flexibility index (Phi) is 18.5. The first-order valence-electron chi connectivity index (χ1n) is 17.4. The van der Waals surface area contributed by atoms with Crippen molar-refractivity contribution in [2.75, 3.05) is 33.2 Å². The Labute approximate surface area is 288 Å². The maximum absolute atomic E-state index is 14.0. The number of nitrogens with one attached hydrogen (secondary N) is 2. The predicted octanol–water partition coefficient (Wildman–Crippen LogP) is 2.99. The highest BCUT2D eigenvalue weighted by molar-refractivity contribution is 5.91. The molecule has 9 heteroatoms. The second-order valence-electron chi connectivity index (χ2n) is 12.9. The highest BCUT2D eigenvalue weighted by atomic mass is 16.3. The molecule has 48 heavy (non-hydrogen) atoms. The minimum Gasteiger partial charge on any atom is -0.390 e. The van der Waals surface area contributed by atoms with E-state index in [-0.39, 0.29) is 37.5 Å². The van der Waals surface area contributed by atoms with Crippen LogP contribution in [0.15, 0.2) is 30.3 Å². The van der Waals surface area contributed by atoms with Gasteiger partial charge in [-0.2, -0.15) is 0 Å². The lowest BCUT2D eigenvalue weighted by Crippen LogP contribution is -2.57. The number of aliphatic hydroxyl groups excluding tert-OH is 2. The summed E-state index contributed by atoms with van der Waals surface area (Å²) in [7, 11) is 1.72. The summed E-state index contributed by atoms with van der Waals surface area (Å²) in [4.78, 5) is 45.1. The van der Waals surface area contributed by atoms with E-state index in [1.54, 1.807) is 11.9 Å². The Morgan fingerprint density at radius 3 is 2.17 bits per heavy atom. The van der Waals surface area contributed by atoms with Gasteiger partial charge >= 0.3 is 0 Å². The summed E-state index contributed by atoms with van der Waals surface area (Å²) >= 11 is 0. The van der Waals surface area contributed by atoms with Crippen LogP contribution in [0.5, 0.6) is 0 Å². The summed E-state index contributed by atoms with van der Waals surface area (Å²) in [5.41, 5.74) is 0.860. The van der Waals surface area contributed by atoms with Crippen LogP contribution < -0.4 is 10.6 Å². The summed E-state index contributed by atoms with van der Waals surface area (Å²) in [6.45, 7) is 7.10. The zero-order valence-electron chi connectivity index (χ0n) is 29.1. The van der Waals surface area contributed by atoms with Crippen molar-refractivity contribution >= 4 is 17.7 Å². The third-order valence-electron chi connectivity index (χ3n) is 9.49. The monoisotopic (exact) mass is 660 g/mol. The smallest absolute Gasteiger partial charge is 0.245 e. The Morgan fingerprint density at radius 2 is 1.58 bits per heavy atom. The predicted molar refractivity (Wildman–Crippen MR) is 190 cm³/mol. The molecule has 262 valence electrons. The molecule has 1 aromatic rings. The van der Waals surface area contributed by atoms with Gasteiger partial charge in [-0.15, -0.1) is 25.2 Å². The molecule has 0 radical (unpaired) electrons. The van der Waals surface area contributed by atoms with E-state index in [4.69, 9.17) is 19.3 Å². The number of nitrogens with zero attached hydrogens (tertiary/aromatic N) is 2. The molecule has 1 saturated carbocycles. The molecule has 1 aliphatic rings. The molecule has 1 aliphatic carbocycles. The molecule has 0 aliphatic heterocycles. The van der Waals surface area contributed by atoms with Crippen LogP contribution in [0.4, 0.5) is 0 Å². The van der Waals surface area contributed by atoms with Gasteiger partial charge in [0, 0.05) is 33.0 Å². The van der Waals surface area contributed by atoms with Crippen LogP contribution in [0.3, 0.4) is 0 Å². The van der Waals surface area contributed by atoms with E-state index in [1.165, 1.54) is 0 Å². The molecular weight excluding hydrogens is 604 g/mol. The molecule has 5 atom stereocenters. The SMILES string of the molecule is C#CCC[C@H](O)[C@H](O)[C@H](CC1CCCCC1)NC(=O)[C@@H](NC(=O)[C@@H](CC(=O)N(C)CCN(CC)CC)Cc1ccccc1)C(C#C)C#C. The van der Waals surface area contributed by atoms with E-state index >= 15 is 0 Å². The summed E-state index contributed by atoms with van der Waals surface area (Å²) in [5.74, 6) is 4.30. The van der Waals surface area contributed by atoms with Gasteiger partial charge in [-0.3, -0.25) is 14.4 Å². The fourth-order valence-corrected chi connectivity index (χ4v) is 6.30. The van der Waals surface area contributed by atoms with Gasteiger partial charge in [-0.1, -0.05) is 88.1 Å². The maximum Gasteiger partial charge on any atom is 0.245 e. The number of carbonyl (C=O) groups is 3. The molecule has 0 saturated heterocycles. The van der Waals surface area contributed by atoms with Gasteiger partial charge in [0.1, 0.15) is 18.1 Å². The van der Waals surface area contributed by atoms with Crippen LogP contribution in [0.1, 0.15) is 77.2 Å². The van der Waals surface area contributed by atoms with Crippen LogP contribution in [-0.2, 0) is 20.8 Å². The van der Waals surface area contributed by atoms with Crippen molar-refractivity contribution in [3.05, 3.63) is 35.9 Å². The Bertz CT molecular complexity index is 1240. The van der Waals surface area contributed by atoms with Crippen molar-refractivity contribution in [2.45, 2.75) is 102 Å². The molecule has 9 nitrogen and oxygen atoms in total. The molecule has 0 heterocycles. The molecule has 0 bridgehead atoms. The zero-order chi connectivity index (χ0) is 35.5. The molecule has 0 aromatic heterocycles. The number of carbonyl (C=O) groups excluding carboxylic acids is 3.